The van der Waals surface area contributed by atoms with E-state index in [1.165, 1.54) is 50.2 Å². The van der Waals surface area contributed by atoms with Crippen LogP contribution in [-0.4, -0.2) is 16.7 Å². The van der Waals surface area contributed by atoms with Gasteiger partial charge in [0.25, 0.3) is 0 Å². The van der Waals surface area contributed by atoms with Crippen molar-refractivity contribution in [3.8, 4) is 11.1 Å². The van der Waals surface area contributed by atoms with Gasteiger partial charge in [0.15, 0.2) is 0 Å². The predicted octanol–water partition coefficient (Wildman–Crippen LogP) is 7.38. The Balaban J connectivity index is 1.68. The third kappa shape index (κ3) is 2.38. The Kier molecular flexibility index (Phi) is 4.39. The van der Waals surface area contributed by atoms with Crippen LogP contribution in [0, 0.1) is 13.8 Å². The van der Waals surface area contributed by atoms with Gasteiger partial charge in [0.05, 0.1) is 22.5 Å². The third-order valence-electron chi connectivity index (χ3n) is 9.11. The maximum Gasteiger partial charge on any atom is 0.109 e. The average Bonchev–Trinajstić information content (AvgIpc) is 3.42. The van der Waals surface area contributed by atoms with E-state index in [2.05, 4.69) is 109 Å². The highest BCUT2D eigenvalue weighted by Gasteiger charge is 2.70. The lowest BCUT2D eigenvalue weighted by Gasteiger charge is -2.54. The largest absolute Gasteiger partial charge is 0.354 e. The lowest BCUT2D eigenvalue weighted by atomic mass is 9.55. The molecular weight excluding hydrogens is 486 g/mol. The van der Waals surface area contributed by atoms with Gasteiger partial charge < -0.3 is 4.90 Å². The zero-order valence-electron chi connectivity index (χ0n) is 21.4. The maximum absolute atomic E-state index is 6.51. The molecule has 4 heteroatoms. The van der Waals surface area contributed by atoms with Gasteiger partial charge in [0, 0.05) is 17.1 Å². The average molecular weight is 512 g/mol. The molecule has 3 aliphatic rings. The van der Waals surface area contributed by atoms with E-state index in [-0.39, 0.29) is 0 Å². The normalized spacial score (nSPS) is 19.5. The molecule has 1 unspecified atom stereocenters. The zero-order valence-corrected chi connectivity index (χ0v) is 22.1. The minimum atomic E-state index is -0.544. The minimum absolute atomic E-state index is 0.523. The van der Waals surface area contributed by atoms with Crippen LogP contribution in [0.3, 0.4) is 0 Å². The molecular formula is C34H26ClN3. The Bertz CT molecular complexity index is 1730. The fourth-order valence-electron chi connectivity index (χ4n) is 7.99. The van der Waals surface area contributed by atoms with Crippen LogP contribution < -0.4 is 4.90 Å². The van der Waals surface area contributed by atoms with Crippen LogP contribution >= 0.6 is 11.6 Å². The van der Waals surface area contributed by atoms with Crippen molar-refractivity contribution >= 4 is 17.3 Å². The smallest absolute Gasteiger partial charge is 0.109 e. The van der Waals surface area contributed by atoms with Crippen LogP contribution in [0.5, 0.6) is 0 Å². The van der Waals surface area contributed by atoms with Gasteiger partial charge in [-0.2, -0.15) is 10.2 Å². The van der Waals surface area contributed by atoms with Gasteiger partial charge in [-0.15, -0.1) is 0 Å². The molecule has 1 atom stereocenters. The first-order valence-corrected chi connectivity index (χ1v) is 13.6. The molecule has 1 spiro atoms. The maximum atomic E-state index is 6.51. The van der Waals surface area contributed by atoms with Crippen molar-refractivity contribution in [2.45, 2.75) is 31.2 Å². The topological polar surface area (TPSA) is 29.0 Å². The van der Waals surface area contributed by atoms with Crippen molar-refractivity contribution in [2.24, 2.45) is 0 Å². The number of rotatable bonds is 1. The predicted molar refractivity (Wildman–Crippen MR) is 153 cm³/mol. The number of hydrogen-bond acceptors (Lipinski definition) is 3. The van der Waals surface area contributed by atoms with Crippen molar-refractivity contribution in [1.82, 2.24) is 10.2 Å². The first-order valence-electron chi connectivity index (χ1n) is 13.3. The molecule has 0 saturated heterocycles. The molecule has 0 radical (unpaired) electrons. The van der Waals surface area contributed by atoms with Gasteiger partial charge in [0.2, 0.25) is 0 Å². The fourth-order valence-corrected chi connectivity index (χ4v) is 8.12. The van der Waals surface area contributed by atoms with Gasteiger partial charge >= 0.3 is 0 Å². The van der Waals surface area contributed by atoms with Gasteiger partial charge in [0.1, 0.15) is 5.54 Å². The quantitative estimate of drug-likeness (QED) is 0.235. The molecule has 4 aromatic carbocycles. The highest BCUT2D eigenvalue weighted by atomic mass is 35.5. The summed E-state index contributed by atoms with van der Waals surface area (Å²) in [5, 5.41) is 10.2. The summed E-state index contributed by atoms with van der Waals surface area (Å²) in [7, 11) is 0. The SMILES string of the molecule is Cc1nnc(C)c2c1N1CCc3ccccc3C1(c1ccc(Cl)cc1)C21c2ccccc2-c2ccccc21. The van der Waals surface area contributed by atoms with E-state index in [1.54, 1.807) is 0 Å². The first kappa shape index (κ1) is 22.1. The Morgan fingerprint density at radius 3 is 1.95 bits per heavy atom. The van der Waals surface area contributed by atoms with Crippen LogP contribution in [-0.2, 0) is 17.4 Å². The number of hydrogen-bond donors (Lipinski definition) is 0. The van der Waals surface area contributed by atoms with Crippen molar-refractivity contribution in [3.63, 3.8) is 0 Å². The standard InChI is InChI=1S/C34H26ClN3/c1-21-31-32(22(2)37-36-21)38-20-19-23-9-3-6-12-28(23)34(38,24-15-17-25(35)18-16-24)33(31)29-13-7-4-10-26(29)27-11-5-8-14-30(27)33/h3-18H,19-20H2,1-2H3. The van der Waals surface area contributed by atoms with E-state index in [9.17, 15) is 0 Å². The Morgan fingerprint density at radius 1 is 0.684 bits per heavy atom. The summed E-state index contributed by atoms with van der Waals surface area (Å²) in [5.74, 6) is 0. The molecule has 38 heavy (non-hydrogen) atoms. The number of aryl methyl sites for hydroxylation is 2. The molecule has 1 aromatic heterocycles. The molecule has 0 saturated carbocycles. The summed E-state index contributed by atoms with van der Waals surface area (Å²) in [6.45, 7) is 5.14. The second kappa shape index (κ2) is 7.55. The van der Waals surface area contributed by atoms with Crippen molar-refractivity contribution < 1.29 is 0 Å². The molecule has 0 bridgehead atoms. The summed E-state index contributed by atoms with van der Waals surface area (Å²) in [6, 6.07) is 35.5. The minimum Gasteiger partial charge on any atom is -0.354 e. The Morgan fingerprint density at radius 2 is 1.26 bits per heavy atom. The fraction of sp³-hybridized carbons (Fsp3) is 0.176. The summed E-state index contributed by atoms with van der Waals surface area (Å²) in [4.78, 5) is 2.66. The highest BCUT2D eigenvalue weighted by Crippen LogP contribution is 2.71. The first-order chi connectivity index (χ1) is 18.6. The molecule has 5 aromatic rings. The molecule has 2 aliphatic heterocycles. The lowest BCUT2D eigenvalue weighted by molar-refractivity contribution is 0.358. The van der Waals surface area contributed by atoms with Crippen LogP contribution in [0.4, 0.5) is 5.69 Å². The second-order valence-corrected chi connectivity index (χ2v) is 11.1. The van der Waals surface area contributed by atoms with E-state index in [0.29, 0.717) is 0 Å². The summed E-state index contributed by atoms with van der Waals surface area (Å²) >= 11 is 6.51. The van der Waals surface area contributed by atoms with Crippen LogP contribution in [0.1, 0.15) is 44.8 Å². The number of benzene rings is 4. The van der Waals surface area contributed by atoms with Gasteiger partial charge in [-0.25, -0.2) is 0 Å². The highest BCUT2D eigenvalue weighted by molar-refractivity contribution is 6.30. The number of anilines is 1. The van der Waals surface area contributed by atoms with Crippen LogP contribution in [0.2, 0.25) is 5.02 Å². The Labute approximate surface area is 227 Å². The lowest BCUT2D eigenvalue weighted by Crippen LogP contribution is -2.59. The van der Waals surface area contributed by atoms with Crippen LogP contribution in [0.25, 0.3) is 11.1 Å². The van der Waals surface area contributed by atoms with Crippen molar-refractivity contribution in [2.75, 3.05) is 11.4 Å². The van der Waals surface area contributed by atoms with Crippen molar-refractivity contribution in [1.29, 1.82) is 0 Å². The van der Waals surface area contributed by atoms with Gasteiger partial charge in [-0.05, 0) is 71.3 Å². The van der Waals surface area contributed by atoms with E-state index in [0.717, 1.165) is 29.4 Å². The van der Waals surface area contributed by atoms with Gasteiger partial charge in [-0.3, -0.25) is 0 Å². The monoisotopic (exact) mass is 511 g/mol. The van der Waals surface area contributed by atoms with Crippen LogP contribution in [0.15, 0.2) is 97.1 Å². The Hall–Kier alpha value is -3.95. The number of fused-ring (bicyclic) bond motifs is 12. The third-order valence-corrected chi connectivity index (χ3v) is 9.36. The van der Waals surface area contributed by atoms with E-state index >= 15 is 0 Å². The molecule has 0 amide bonds. The summed E-state index contributed by atoms with van der Waals surface area (Å²) in [6.07, 6.45) is 0.977. The molecule has 3 heterocycles. The van der Waals surface area contributed by atoms with E-state index < -0.39 is 11.0 Å². The molecule has 184 valence electrons. The molecule has 8 rings (SSSR count). The van der Waals surface area contributed by atoms with E-state index in [4.69, 9.17) is 16.7 Å². The van der Waals surface area contributed by atoms with E-state index in [1.807, 2.05) is 12.1 Å². The van der Waals surface area contributed by atoms with Gasteiger partial charge in [-0.1, -0.05) is 96.5 Å². The molecule has 0 N–H and O–H groups in total. The molecule has 1 aliphatic carbocycles. The molecule has 3 nitrogen and oxygen atoms in total. The summed E-state index contributed by atoms with van der Waals surface area (Å²) in [5.41, 5.74) is 12.6. The van der Waals surface area contributed by atoms with Crippen molar-refractivity contribution in [3.05, 3.63) is 147 Å². The molecule has 0 fully saturated rings. The second-order valence-electron chi connectivity index (χ2n) is 10.7. The summed E-state index contributed by atoms with van der Waals surface area (Å²) < 4.78 is 0. The number of aromatic nitrogens is 2. The number of halogens is 1. The number of nitrogens with zero attached hydrogens (tertiary/aromatic N) is 3. The zero-order chi connectivity index (χ0) is 25.6.